The number of unbranched alkanes of at least 4 members (excludes halogenated alkanes) is 32. The molecule has 0 aromatic heterocycles. The van der Waals surface area contributed by atoms with E-state index in [1.807, 2.05) is 0 Å². The Hall–Kier alpha value is -2.63. The van der Waals surface area contributed by atoms with Gasteiger partial charge in [0.1, 0.15) is 13.2 Å². The van der Waals surface area contributed by atoms with Crippen LogP contribution in [-0.2, 0) is 28.6 Å². The van der Waals surface area contributed by atoms with Gasteiger partial charge in [-0.15, -0.1) is 0 Å². The highest BCUT2D eigenvalue weighted by molar-refractivity contribution is 5.71. The van der Waals surface area contributed by atoms with Crippen molar-refractivity contribution in [3.05, 3.63) is 48.6 Å². The average Bonchev–Trinajstić information content (AvgIpc) is 3.30. The van der Waals surface area contributed by atoms with E-state index in [-0.39, 0.29) is 31.1 Å². The van der Waals surface area contributed by atoms with Crippen LogP contribution in [0.1, 0.15) is 290 Å². The number of ether oxygens (including phenoxy) is 3. The summed E-state index contributed by atoms with van der Waals surface area (Å²) in [5.74, 6) is -0.877. The van der Waals surface area contributed by atoms with Gasteiger partial charge in [-0.25, -0.2) is 0 Å². The third-order valence-electron chi connectivity index (χ3n) is 12.3. The largest absolute Gasteiger partial charge is 0.462 e. The second-order valence-electron chi connectivity index (χ2n) is 18.8. The molecule has 0 heterocycles. The minimum absolute atomic E-state index is 0.0752. The van der Waals surface area contributed by atoms with E-state index in [1.54, 1.807) is 0 Å². The number of hydrogen-bond donors (Lipinski definition) is 0. The van der Waals surface area contributed by atoms with Crippen molar-refractivity contribution in [1.82, 2.24) is 0 Å². The zero-order chi connectivity index (χ0) is 47.2. The molecule has 6 heteroatoms. The molecule has 1 atom stereocenters. The Morgan fingerprint density at radius 3 is 0.892 bits per heavy atom. The van der Waals surface area contributed by atoms with Gasteiger partial charge in [0, 0.05) is 19.3 Å². The first-order valence-corrected chi connectivity index (χ1v) is 28.1. The summed E-state index contributed by atoms with van der Waals surface area (Å²) in [7, 11) is 0. The van der Waals surface area contributed by atoms with Crippen LogP contribution >= 0.6 is 0 Å². The Bertz CT molecular complexity index is 1140. The van der Waals surface area contributed by atoms with Gasteiger partial charge < -0.3 is 14.2 Å². The molecule has 0 bridgehead atoms. The number of allylic oxidation sites excluding steroid dienone is 8. The van der Waals surface area contributed by atoms with Crippen molar-refractivity contribution in [3.8, 4) is 0 Å². The second kappa shape index (κ2) is 54.0. The Balaban J connectivity index is 4.31. The Morgan fingerprint density at radius 1 is 0.308 bits per heavy atom. The molecule has 0 saturated carbocycles. The van der Waals surface area contributed by atoms with Crippen molar-refractivity contribution < 1.29 is 28.6 Å². The van der Waals surface area contributed by atoms with Crippen LogP contribution in [0.2, 0.25) is 0 Å². The van der Waals surface area contributed by atoms with Gasteiger partial charge in [0.2, 0.25) is 0 Å². The Morgan fingerprint density at radius 2 is 0.554 bits per heavy atom. The highest BCUT2D eigenvalue weighted by Crippen LogP contribution is 2.15. The summed E-state index contributed by atoms with van der Waals surface area (Å²) in [5.41, 5.74) is 0. The van der Waals surface area contributed by atoms with Gasteiger partial charge in [0.15, 0.2) is 6.10 Å². The molecule has 0 N–H and O–H groups in total. The van der Waals surface area contributed by atoms with Crippen molar-refractivity contribution in [3.63, 3.8) is 0 Å². The van der Waals surface area contributed by atoms with E-state index in [1.165, 1.54) is 173 Å². The molecule has 65 heavy (non-hydrogen) atoms. The van der Waals surface area contributed by atoms with Crippen LogP contribution in [0.25, 0.3) is 0 Å². The van der Waals surface area contributed by atoms with Crippen LogP contribution in [0, 0.1) is 0 Å². The summed E-state index contributed by atoms with van der Waals surface area (Å²) in [4.78, 5) is 38.0. The molecule has 0 aliphatic carbocycles. The first-order chi connectivity index (χ1) is 32.0. The van der Waals surface area contributed by atoms with E-state index < -0.39 is 6.10 Å². The molecule has 0 aromatic carbocycles. The van der Waals surface area contributed by atoms with E-state index in [4.69, 9.17) is 14.2 Å². The van der Waals surface area contributed by atoms with E-state index in [2.05, 4.69) is 69.4 Å². The third kappa shape index (κ3) is 52.2. The van der Waals surface area contributed by atoms with Crippen LogP contribution in [0.5, 0.6) is 0 Å². The number of rotatable bonds is 51. The van der Waals surface area contributed by atoms with Crippen molar-refractivity contribution >= 4 is 17.9 Å². The summed E-state index contributed by atoms with van der Waals surface area (Å²) in [6, 6.07) is 0. The van der Waals surface area contributed by atoms with Crippen LogP contribution in [-0.4, -0.2) is 37.2 Å². The molecule has 6 nitrogen and oxygen atoms in total. The molecule has 1 unspecified atom stereocenters. The molecule has 378 valence electrons. The summed E-state index contributed by atoms with van der Waals surface area (Å²) >= 11 is 0. The molecule has 0 spiro atoms. The lowest BCUT2D eigenvalue weighted by molar-refractivity contribution is -0.167. The predicted octanol–water partition coefficient (Wildman–Crippen LogP) is 18.7. The van der Waals surface area contributed by atoms with E-state index in [0.717, 1.165) is 77.0 Å². The fraction of sp³-hybridized carbons (Fsp3) is 0.814. The molecule has 0 amide bonds. The normalized spacial score (nSPS) is 12.4. The minimum atomic E-state index is -0.776. The molecule has 0 fully saturated rings. The fourth-order valence-corrected chi connectivity index (χ4v) is 8.03. The maximum Gasteiger partial charge on any atom is 0.306 e. The fourth-order valence-electron chi connectivity index (χ4n) is 8.03. The lowest BCUT2D eigenvalue weighted by atomic mass is 10.1. The maximum atomic E-state index is 12.8. The van der Waals surface area contributed by atoms with E-state index in [0.29, 0.717) is 19.3 Å². The molecule has 0 aliphatic rings. The molecule has 0 saturated heterocycles. The zero-order valence-electron chi connectivity index (χ0n) is 43.3. The lowest BCUT2D eigenvalue weighted by Crippen LogP contribution is -2.30. The van der Waals surface area contributed by atoms with Gasteiger partial charge in [0.25, 0.3) is 0 Å². The molecular formula is C59H106O6. The monoisotopic (exact) mass is 911 g/mol. The van der Waals surface area contributed by atoms with Crippen LogP contribution < -0.4 is 0 Å². The molecule has 0 rings (SSSR count). The van der Waals surface area contributed by atoms with E-state index >= 15 is 0 Å². The van der Waals surface area contributed by atoms with Gasteiger partial charge in [-0.2, -0.15) is 0 Å². The van der Waals surface area contributed by atoms with Crippen LogP contribution in [0.15, 0.2) is 48.6 Å². The van der Waals surface area contributed by atoms with Crippen LogP contribution in [0.4, 0.5) is 0 Å². The lowest BCUT2D eigenvalue weighted by Gasteiger charge is -2.18. The summed E-state index contributed by atoms with van der Waals surface area (Å²) in [6.07, 6.45) is 65.2. The van der Waals surface area contributed by atoms with Crippen molar-refractivity contribution in [2.24, 2.45) is 0 Å². The molecule has 0 radical (unpaired) electrons. The first-order valence-electron chi connectivity index (χ1n) is 28.1. The standard InChI is InChI=1S/C59H106O6/c1-4-7-10-13-16-19-22-24-26-28-30-32-33-35-37-40-43-46-49-52-58(61)64-55-56(54-63-57(60)51-48-45-42-39-21-18-15-12-9-6-3)65-59(62)53-50-47-44-41-38-36-34-31-29-27-25-23-20-17-14-11-8-5-2/h16,19-20,23-24,26-27,29,56H,4-15,17-18,21-22,25,28,30-55H2,1-3H3/b19-16-,23-20-,26-24-,29-27-. The van der Waals surface area contributed by atoms with Gasteiger partial charge in [0.05, 0.1) is 0 Å². The maximum absolute atomic E-state index is 12.8. The van der Waals surface area contributed by atoms with E-state index in [9.17, 15) is 14.4 Å². The zero-order valence-corrected chi connectivity index (χ0v) is 43.3. The summed E-state index contributed by atoms with van der Waals surface area (Å²) in [5, 5.41) is 0. The van der Waals surface area contributed by atoms with Gasteiger partial charge >= 0.3 is 17.9 Å². The quantitative estimate of drug-likeness (QED) is 0.0262. The van der Waals surface area contributed by atoms with Crippen molar-refractivity contribution in [2.75, 3.05) is 13.2 Å². The highest BCUT2D eigenvalue weighted by atomic mass is 16.6. The third-order valence-corrected chi connectivity index (χ3v) is 12.3. The van der Waals surface area contributed by atoms with Crippen molar-refractivity contribution in [1.29, 1.82) is 0 Å². The topological polar surface area (TPSA) is 78.9 Å². The smallest absolute Gasteiger partial charge is 0.306 e. The molecule has 0 aromatic rings. The van der Waals surface area contributed by atoms with Gasteiger partial charge in [-0.05, 0) is 83.5 Å². The Labute approximate surface area is 403 Å². The summed E-state index contributed by atoms with van der Waals surface area (Å²) < 4.78 is 16.8. The van der Waals surface area contributed by atoms with Gasteiger partial charge in [-0.3, -0.25) is 14.4 Å². The highest BCUT2D eigenvalue weighted by Gasteiger charge is 2.19. The predicted molar refractivity (Wildman–Crippen MR) is 279 cm³/mol. The first kappa shape index (κ1) is 62.4. The second-order valence-corrected chi connectivity index (χ2v) is 18.8. The number of carbonyl (C=O) groups excluding carboxylic acids is 3. The molecular weight excluding hydrogens is 805 g/mol. The Kier molecular flexibility index (Phi) is 51.8. The molecule has 0 aliphatic heterocycles. The van der Waals surface area contributed by atoms with Crippen molar-refractivity contribution in [2.45, 2.75) is 297 Å². The average molecular weight is 911 g/mol. The van der Waals surface area contributed by atoms with Crippen LogP contribution in [0.3, 0.4) is 0 Å². The minimum Gasteiger partial charge on any atom is -0.462 e. The van der Waals surface area contributed by atoms with Gasteiger partial charge in [-0.1, -0.05) is 236 Å². The SMILES string of the molecule is CCCCC/C=C\C/C=C\CCCCCCCCCCCC(=O)OCC(COC(=O)CCCCCCCCCCCC)OC(=O)CCCCCCCCC/C=C\C/C=C\CCCCCC. The number of esters is 3. The summed E-state index contributed by atoms with van der Waals surface area (Å²) in [6.45, 7) is 6.60. The number of carbonyl (C=O) groups is 3. The number of hydrogen-bond acceptors (Lipinski definition) is 6.